The van der Waals surface area contributed by atoms with Gasteiger partial charge >= 0.3 is 6.09 Å². The van der Waals surface area contributed by atoms with Gasteiger partial charge in [-0.3, -0.25) is 4.90 Å². The number of rotatable bonds is 11. The Morgan fingerprint density at radius 3 is 2.06 bits per heavy atom. The van der Waals surface area contributed by atoms with Crippen LogP contribution in [0.5, 0.6) is 11.6 Å². The number of anilines is 1. The van der Waals surface area contributed by atoms with Gasteiger partial charge in [-0.15, -0.1) is 0 Å². The lowest BCUT2D eigenvalue weighted by atomic mass is 10.1. The summed E-state index contributed by atoms with van der Waals surface area (Å²) in [5.41, 5.74) is 3.02. The molecule has 2 atom stereocenters. The third kappa shape index (κ3) is 8.19. The van der Waals surface area contributed by atoms with Crippen LogP contribution < -0.4 is 14.4 Å². The summed E-state index contributed by atoms with van der Waals surface area (Å²) >= 11 is 0. The topological polar surface area (TPSA) is 73.4 Å². The van der Waals surface area contributed by atoms with E-state index < -0.39 is 18.7 Å². The molecule has 3 aromatic rings. The molecule has 0 spiro atoms. The molecular weight excluding hydrogens is 446 g/mol. The molecule has 1 aromatic heterocycles. The SMILES string of the molecule is COc1ccc(CN(Cc2ccc(N(C)C)cc2)C(=O)OC(C)OC(C)Oc2ccccn2)cc1. The number of pyridine rings is 1. The number of amides is 1. The third-order valence-corrected chi connectivity index (χ3v) is 5.19. The summed E-state index contributed by atoms with van der Waals surface area (Å²) in [5.74, 6) is 1.19. The molecule has 0 N–H and O–H groups in total. The Kier molecular flexibility index (Phi) is 9.31. The molecular formula is C27H33N3O5. The molecule has 1 heterocycles. The Balaban J connectivity index is 1.66. The minimum Gasteiger partial charge on any atom is -0.497 e. The van der Waals surface area contributed by atoms with Gasteiger partial charge in [0.05, 0.1) is 7.11 Å². The van der Waals surface area contributed by atoms with E-state index in [9.17, 15) is 4.79 Å². The molecule has 0 saturated carbocycles. The van der Waals surface area contributed by atoms with E-state index in [1.165, 1.54) is 0 Å². The highest BCUT2D eigenvalue weighted by atomic mass is 16.8. The van der Waals surface area contributed by atoms with Gasteiger partial charge in [0.2, 0.25) is 18.5 Å². The van der Waals surface area contributed by atoms with Crippen molar-refractivity contribution in [1.29, 1.82) is 0 Å². The largest absolute Gasteiger partial charge is 0.497 e. The lowest BCUT2D eigenvalue weighted by molar-refractivity contribution is -0.184. The van der Waals surface area contributed by atoms with Crippen LogP contribution in [0.4, 0.5) is 10.5 Å². The molecule has 0 aliphatic heterocycles. The first kappa shape index (κ1) is 25.8. The molecule has 0 bridgehead atoms. The molecule has 2 aromatic carbocycles. The Hall–Kier alpha value is -3.78. The summed E-state index contributed by atoms with van der Waals surface area (Å²) < 4.78 is 22.2. The maximum Gasteiger partial charge on any atom is 0.412 e. The Bertz CT molecular complexity index is 1040. The highest BCUT2D eigenvalue weighted by molar-refractivity contribution is 5.68. The van der Waals surface area contributed by atoms with Gasteiger partial charge in [0.1, 0.15) is 5.75 Å². The van der Waals surface area contributed by atoms with E-state index in [1.807, 2.05) is 73.6 Å². The van der Waals surface area contributed by atoms with Crippen LogP contribution in [0.25, 0.3) is 0 Å². The first-order chi connectivity index (χ1) is 16.8. The zero-order valence-electron chi connectivity index (χ0n) is 20.9. The van der Waals surface area contributed by atoms with Gasteiger partial charge in [-0.25, -0.2) is 9.78 Å². The maximum atomic E-state index is 13.1. The summed E-state index contributed by atoms with van der Waals surface area (Å²) in [7, 11) is 5.60. The number of carbonyl (C=O) groups excluding carboxylic acids is 1. The number of carbonyl (C=O) groups is 1. The number of ether oxygens (including phenoxy) is 4. The number of nitrogens with zero attached hydrogens (tertiary/aromatic N) is 3. The number of methoxy groups -OCH3 is 1. The molecule has 35 heavy (non-hydrogen) atoms. The smallest absolute Gasteiger partial charge is 0.412 e. The summed E-state index contributed by atoms with van der Waals surface area (Å²) in [5, 5.41) is 0. The van der Waals surface area contributed by atoms with Crippen molar-refractivity contribution in [3.8, 4) is 11.6 Å². The van der Waals surface area contributed by atoms with Crippen LogP contribution in [-0.2, 0) is 22.6 Å². The van der Waals surface area contributed by atoms with Crippen LogP contribution in [0, 0.1) is 0 Å². The van der Waals surface area contributed by atoms with Crippen molar-refractivity contribution in [2.45, 2.75) is 39.5 Å². The normalized spacial score (nSPS) is 12.4. The first-order valence-corrected chi connectivity index (χ1v) is 11.4. The summed E-state index contributed by atoms with van der Waals surface area (Å²) in [6.45, 7) is 4.13. The number of aromatic nitrogens is 1. The number of hydrogen-bond acceptors (Lipinski definition) is 7. The Morgan fingerprint density at radius 2 is 1.51 bits per heavy atom. The standard InChI is InChI=1S/C27H33N3O5/c1-20(34-26-8-6-7-17-28-26)33-21(2)35-27(31)30(19-23-11-15-25(32-5)16-12-23)18-22-9-13-24(14-10-22)29(3)4/h6-17,20-21H,18-19H2,1-5H3. The molecule has 0 aliphatic carbocycles. The van der Waals surface area contributed by atoms with Crippen LogP contribution in [0.2, 0.25) is 0 Å². The monoisotopic (exact) mass is 479 g/mol. The second-order valence-corrected chi connectivity index (χ2v) is 8.21. The van der Waals surface area contributed by atoms with Gasteiger partial charge in [-0.05, 0) is 55.3 Å². The van der Waals surface area contributed by atoms with Gasteiger partial charge in [-0.2, -0.15) is 0 Å². The summed E-state index contributed by atoms with van der Waals surface area (Å²) in [6, 6.07) is 21.0. The molecule has 0 radical (unpaired) electrons. The van der Waals surface area contributed by atoms with Crippen molar-refractivity contribution in [3.63, 3.8) is 0 Å². The average molecular weight is 480 g/mol. The van der Waals surface area contributed by atoms with Crippen molar-refractivity contribution in [2.75, 3.05) is 26.1 Å². The van der Waals surface area contributed by atoms with Gasteiger partial charge in [0.15, 0.2) is 0 Å². The zero-order chi connectivity index (χ0) is 25.2. The molecule has 186 valence electrons. The minimum absolute atomic E-state index is 0.366. The fourth-order valence-corrected chi connectivity index (χ4v) is 3.39. The van der Waals surface area contributed by atoms with Gasteiger partial charge < -0.3 is 23.8 Å². The second kappa shape index (κ2) is 12.6. The van der Waals surface area contributed by atoms with E-state index in [4.69, 9.17) is 18.9 Å². The molecule has 1 amide bonds. The molecule has 3 rings (SSSR count). The van der Waals surface area contributed by atoms with Crippen molar-refractivity contribution in [2.24, 2.45) is 0 Å². The predicted octanol–water partition coefficient (Wildman–Crippen LogP) is 5.08. The highest BCUT2D eigenvalue weighted by Gasteiger charge is 2.21. The number of hydrogen-bond donors (Lipinski definition) is 0. The average Bonchev–Trinajstić information content (AvgIpc) is 2.84. The molecule has 0 fully saturated rings. The van der Waals surface area contributed by atoms with Crippen LogP contribution in [0.3, 0.4) is 0 Å². The van der Waals surface area contributed by atoms with E-state index in [0.717, 1.165) is 22.6 Å². The van der Waals surface area contributed by atoms with Crippen molar-refractivity contribution in [3.05, 3.63) is 84.1 Å². The first-order valence-electron chi connectivity index (χ1n) is 11.4. The van der Waals surface area contributed by atoms with Crippen LogP contribution in [-0.4, -0.2) is 49.8 Å². The molecule has 2 unspecified atom stereocenters. The van der Waals surface area contributed by atoms with E-state index >= 15 is 0 Å². The molecule has 8 heteroatoms. The third-order valence-electron chi connectivity index (χ3n) is 5.19. The van der Waals surface area contributed by atoms with Crippen LogP contribution in [0.15, 0.2) is 72.9 Å². The van der Waals surface area contributed by atoms with Crippen molar-refractivity contribution in [1.82, 2.24) is 9.88 Å². The molecule has 8 nitrogen and oxygen atoms in total. The minimum atomic E-state index is -0.823. The van der Waals surface area contributed by atoms with Gasteiger partial charge in [0.25, 0.3) is 0 Å². The lowest BCUT2D eigenvalue weighted by Gasteiger charge is -2.26. The van der Waals surface area contributed by atoms with Crippen LogP contribution >= 0.6 is 0 Å². The van der Waals surface area contributed by atoms with E-state index in [2.05, 4.69) is 4.98 Å². The Morgan fingerprint density at radius 1 is 0.886 bits per heavy atom. The van der Waals surface area contributed by atoms with Gasteiger partial charge in [-0.1, -0.05) is 30.3 Å². The summed E-state index contributed by atoms with van der Waals surface area (Å²) in [6.07, 6.45) is -0.333. The fourth-order valence-electron chi connectivity index (χ4n) is 3.39. The Labute approximate surface area is 207 Å². The lowest BCUT2D eigenvalue weighted by Crippen LogP contribution is -2.35. The predicted molar refractivity (Wildman–Crippen MR) is 134 cm³/mol. The molecule has 0 saturated heterocycles. The molecule has 0 aliphatic rings. The summed E-state index contributed by atoms with van der Waals surface area (Å²) in [4.78, 5) is 20.9. The quantitative estimate of drug-likeness (QED) is 0.355. The number of benzene rings is 2. The highest BCUT2D eigenvalue weighted by Crippen LogP contribution is 2.19. The van der Waals surface area contributed by atoms with E-state index in [1.54, 1.807) is 44.2 Å². The van der Waals surface area contributed by atoms with Gasteiger partial charge in [0, 0.05) is 45.1 Å². The zero-order valence-corrected chi connectivity index (χ0v) is 20.9. The van der Waals surface area contributed by atoms with Crippen molar-refractivity contribution < 1.29 is 23.7 Å². The van der Waals surface area contributed by atoms with E-state index in [-0.39, 0.29) is 0 Å². The van der Waals surface area contributed by atoms with E-state index in [0.29, 0.717) is 19.0 Å². The van der Waals surface area contributed by atoms with Crippen molar-refractivity contribution >= 4 is 11.8 Å². The fraction of sp³-hybridized carbons (Fsp3) is 0.333. The van der Waals surface area contributed by atoms with Crippen LogP contribution in [0.1, 0.15) is 25.0 Å². The second-order valence-electron chi connectivity index (χ2n) is 8.21. The maximum absolute atomic E-state index is 13.1.